The van der Waals surface area contributed by atoms with Gasteiger partial charge in [-0.1, -0.05) is 0 Å². The van der Waals surface area contributed by atoms with Gasteiger partial charge in [-0.25, -0.2) is 0 Å². The van der Waals surface area contributed by atoms with Gasteiger partial charge in [0.2, 0.25) is 0 Å². The van der Waals surface area contributed by atoms with Gasteiger partial charge in [0.15, 0.2) is 0 Å². The van der Waals surface area contributed by atoms with E-state index in [2.05, 4.69) is 79.5 Å². The van der Waals surface area contributed by atoms with E-state index < -0.39 is 6.60 Å². The van der Waals surface area contributed by atoms with Gasteiger partial charge in [0, 0.05) is 0 Å². The molecule has 32 heavy (non-hydrogen) atoms. The van der Waals surface area contributed by atoms with Gasteiger partial charge in [0.25, 0.3) is 0 Å². The topological polar surface area (TPSA) is 34.4 Å². The van der Waals surface area contributed by atoms with E-state index in [4.69, 9.17) is 16.6 Å². The second-order valence-corrected chi connectivity index (χ2v) is 14.5. The Morgan fingerprint density at radius 3 is 1.69 bits per heavy atom. The number of thiazole rings is 1. The molecule has 0 N–H and O–H groups in total. The summed E-state index contributed by atoms with van der Waals surface area (Å²) in [6.45, 7) is -1.03. The predicted molar refractivity (Wildman–Crippen MR) is 142 cm³/mol. The summed E-state index contributed by atoms with van der Waals surface area (Å²) in [4.78, 5) is 18.9. The van der Waals surface area contributed by atoms with E-state index in [9.17, 15) is 4.79 Å². The van der Waals surface area contributed by atoms with E-state index >= 15 is 0 Å². The average Bonchev–Trinajstić information content (AvgIpc) is 3.21. The van der Waals surface area contributed by atoms with Crippen molar-refractivity contribution in [3.05, 3.63) is 118 Å². The Labute approximate surface area is 201 Å². The zero-order chi connectivity index (χ0) is 21.5. The van der Waals surface area contributed by atoms with Crippen LogP contribution in [-0.2, 0) is 0 Å². The third kappa shape index (κ3) is 3.22. The summed E-state index contributed by atoms with van der Waals surface area (Å²) in [5, 5.41) is 3.47. The Hall–Kier alpha value is -2.49. The van der Waals surface area contributed by atoms with E-state index in [0.717, 1.165) is 21.3 Å². The molecule has 3 aromatic carbocycles. The zero-order valence-electron chi connectivity index (χ0n) is 17.3. The molecule has 7 heteroatoms. The molecule has 2 aromatic heterocycles. The molecular weight excluding hydrogens is 478 g/mol. The van der Waals surface area contributed by atoms with Crippen molar-refractivity contribution in [2.24, 2.45) is 0 Å². The quantitative estimate of drug-likeness (QED) is 0.339. The van der Waals surface area contributed by atoms with Crippen molar-refractivity contribution in [3.8, 4) is 0 Å². The molecule has 0 saturated heterocycles. The maximum Gasteiger partial charge on any atom is -0.147 e. The number of rotatable bonds is 4. The van der Waals surface area contributed by atoms with Gasteiger partial charge in [-0.3, -0.25) is 0 Å². The third-order valence-corrected chi connectivity index (χ3v) is 13.3. The Bertz CT molecular complexity index is 1340. The van der Waals surface area contributed by atoms with Crippen LogP contribution in [0.25, 0.3) is 4.96 Å². The number of fused-ring (bicyclic) bond motifs is 1. The number of benzene rings is 3. The molecule has 0 fully saturated rings. The van der Waals surface area contributed by atoms with Crippen molar-refractivity contribution in [2.75, 3.05) is 6.66 Å². The Morgan fingerprint density at radius 1 is 0.812 bits per heavy atom. The number of nitrogens with zero attached hydrogens (tertiary/aromatic N) is 2. The van der Waals surface area contributed by atoms with E-state index in [-0.39, 0.29) is 18.0 Å². The molecule has 0 bridgehead atoms. The first kappa shape index (κ1) is 22.7. The smallest absolute Gasteiger partial charge is 0.147 e. The van der Waals surface area contributed by atoms with Crippen molar-refractivity contribution in [1.29, 1.82) is 0 Å². The molecule has 162 valence electrons. The van der Waals surface area contributed by atoms with Crippen molar-refractivity contribution in [3.63, 3.8) is 0 Å². The molecule has 5 rings (SSSR count). The van der Waals surface area contributed by atoms with Gasteiger partial charge in [0.1, 0.15) is 0 Å². The molecule has 0 amide bonds. The molecule has 0 spiro atoms. The van der Waals surface area contributed by atoms with Crippen LogP contribution in [0.1, 0.15) is 0 Å². The maximum atomic E-state index is 13.2. The first-order valence-corrected chi connectivity index (χ1v) is 13.8. The number of halogens is 2. The van der Waals surface area contributed by atoms with Crippen molar-refractivity contribution in [1.82, 2.24) is 9.38 Å². The van der Waals surface area contributed by atoms with Crippen LogP contribution in [0.2, 0.25) is 4.34 Å². The monoisotopic (exact) mass is 498 g/mol. The molecule has 0 unspecified atom stereocenters. The second kappa shape index (κ2) is 8.46. The minimum absolute atomic E-state index is 0. The minimum Gasteiger partial charge on any atom is -0.147 e. The van der Waals surface area contributed by atoms with E-state index in [1.807, 2.05) is 18.2 Å². The average molecular weight is 499 g/mol. The SMILES string of the molecule is CP(c1ccccc1)(c1ccccc1)(c1ccccc1)c1cc(=O)n2cc(Cl)sc2n1.Cl. The predicted octanol–water partition coefficient (Wildman–Crippen LogP) is 4.62. The number of hydrogen-bond donors (Lipinski definition) is 0. The van der Waals surface area contributed by atoms with Gasteiger partial charge in [-0.2, -0.15) is 0 Å². The van der Waals surface area contributed by atoms with Crippen molar-refractivity contribution >= 4 is 68.3 Å². The molecule has 5 aromatic rings. The minimum atomic E-state index is -3.32. The summed E-state index contributed by atoms with van der Waals surface area (Å²) in [5.74, 6) is 0. The van der Waals surface area contributed by atoms with Crippen molar-refractivity contribution in [2.45, 2.75) is 0 Å². The fourth-order valence-corrected chi connectivity index (χ4v) is 10.7. The summed E-state index contributed by atoms with van der Waals surface area (Å²) in [5.41, 5.74) is 0.667. The van der Waals surface area contributed by atoms with Crippen LogP contribution in [0.5, 0.6) is 0 Å². The normalized spacial score (nSPS) is 12.6. The van der Waals surface area contributed by atoms with E-state index in [1.54, 1.807) is 12.3 Å². The first-order valence-electron chi connectivity index (χ1n) is 9.89. The van der Waals surface area contributed by atoms with E-state index in [1.165, 1.54) is 15.7 Å². The first-order chi connectivity index (χ1) is 15.0. The molecule has 2 heterocycles. The Balaban J connectivity index is 0.00000245. The van der Waals surface area contributed by atoms with Crippen LogP contribution in [0.4, 0.5) is 0 Å². The Morgan fingerprint density at radius 2 is 1.25 bits per heavy atom. The number of aromatic nitrogens is 2. The van der Waals surface area contributed by atoms with Gasteiger partial charge in [-0.15, -0.1) is 12.4 Å². The second-order valence-electron chi connectivity index (χ2n) is 7.71. The van der Waals surface area contributed by atoms with Crippen LogP contribution in [0.15, 0.2) is 108 Å². The van der Waals surface area contributed by atoms with Gasteiger partial charge < -0.3 is 0 Å². The van der Waals surface area contributed by atoms with Crippen LogP contribution in [-0.4, -0.2) is 16.0 Å². The molecule has 0 aliphatic rings. The molecular formula is C25H21Cl2N2OPS. The largest absolute Gasteiger partial charge is 0.147 e. The summed E-state index contributed by atoms with van der Waals surface area (Å²) in [7, 11) is 0. The van der Waals surface area contributed by atoms with E-state index in [0.29, 0.717) is 9.30 Å². The molecule has 3 nitrogen and oxygen atoms in total. The van der Waals surface area contributed by atoms with Crippen LogP contribution in [0.3, 0.4) is 0 Å². The van der Waals surface area contributed by atoms with Gasteiger partial charge in [0.05, 0.1) is 0 Å². The maximum absolute atomic E-state index is 13.2. The van der Waals surface area contributed by atoms with Gasteiger partial charge >= 0.3 is 190 Å². The number of hydrogen-bond acceptors (Lipinski definition) is 3. The van der Waals surface area contributed by atoms with Gasteiger partial charge in [-0.05, 0) is 0 Å². The van der Waals surface area contributed by atoms with Crippen molar-refractivity contribution < 1.29 is 0 Å². The molecule has 0 atom stereocenters. The molecule has 0 radical (unpaired) electrons. The fourth-order valence-electron chi connectivity index (χ4n) is 4.40. The Kier molecular flexibility index (Phi) is 6.00. The standard InChI is InChI=1S/C25H20ClN2OPS.ClH/c1-30(19-11-5-2-6-12-19,20-13-7-3-8-14-20,21-15-9-4-10-16-21)23-17-24(29)28-18-22(26)31-25(28)27-23;/h2-18H,1H3;1H. The zero-order valence-corrected chi connectivity index (χ0v) is 20.5. The molecule has 0 aliphatic heterocycles. The summed E-state index contributed by atoms with van der Waals surface area (Å²) < 4.78 is 2.07. The van der Waals surface area contributed by atoms with Crippen LogP contribution in [0, 0.1) is 0 Å². The summed E-state index contributed by atoms with van der Waals surface area (Å²) >= 11 is 7.56. The summed E-state index contributed by atoms with van der Waals surface area (Å²) in [6.07, 6.45) is 1.64. The molecule has 0 aliphatic carbocycles. The summed E-state index contributed by atoms with van der Waals surface area (Å²) in [6, 6.07) is 33.0. The van der Waals surface area contributed by atoms with Crippen LogP contribution >= 0.6 is 41.9 Å². The van der Waals surface area contributed by atoms with Crippen LogP contribution < -0.4 is 26.9 Å². The molecule has 0 saturated carbocycles. The third-order valence-electron chi connectivity index (χ3n) is 6.10. The fraction of sp³-hybridized carbons (Fsp3) is 0.0400.